The van der Waals surface area contributed by atoms with Crippen molar-refractivity contribution in [1.29, 1.82) is 0 Å². The Morgan fingerprint density at radius 2 is 2.19 bits per heavy atom. The summed E-state index contributed by atoms with van der Waals surface area (Å²) in [7, 11) is 1.88. The van der Waals surface area contributed by atoms with Crippen LogP contribution >= 0.6 is 0 Å². The molecule has 1 aromatic carbocycles. The number of hydrogen-bond donors (Lipinski definition) is 1. The third-order valence-electron chi connectivity index (χ3n) is 3.74. The lowest BCUT2D eigenvalue weighted by Gasteiger charge is -2.27. The van der Waals surface area contributed by atoms with E-state index < -0.39 is 0 Å². The maximum Gasteiger partial charge on any atom is 0.255 e. The Balaban J connectivity index is 2.04. The zero-order valence-electron chi connectivity index (χ0n) is 13.3. The zero-order chi connectivity index (χ0) is 15.2. The van der Waals surface area contributed by atoms with E-state index in [2.05, 4.69) is 19.2 Å². The second-order valence-electron chi connectivity index (χ2n) is 6.11. The first-order valence-electron chi connectivity index (χ1n) is 7.76. The topological polar surface area (TPSA) is 41.6 Å². The molecule has 1 N–H and O–H groups in total. The first kappa shape index (κ1) is 15.8. The number of carbonyl (C=O) groups excluding carboxylic acids is 1. The van der Waals surface area contributed by atoms with Gasteiger partial charge in [-0.15, -0.1) is 0 Å². The normalized spacial score (nSPS) is 18.6. The molecular weight excluding hydrogens is 264 g/mol. The van der Waals surface area contributed by atoms with Crippen LogP contribution in [0.4, 0.5) is 5.69 Å². The summed E-state index contributed by atoms with van der Waals surface area (Å²) in [6.07, 6.45) is 2.24. The number of para-hydroxylation sites is 1. The number of nitrogens with one attached hydrogen (secondary N) is 1. The summed E-state index contributed by atoms with van der Waals surface area (Å²) in [5, 5.41) is 3.34. The van der Waals surface area contributed by atoms with Gasteiger partial charge in [-0.05, 0) is 44.7 Å². The van der Waals surface area contributed by atoms with E-state index in [4.69, 9.17) is 4.74 Å². The number of benzene rings is 1. The molecule has 1 atom stereocenters. The molecule has 0 saturated carbocycles. The summed E-state index contributed by atoms with van der Waals surface area (Å²) in [5.41, 5.74) is 1.65. The second-order valence-corrected chi connectivity index (χ2v) is 6.11. The summed E-state index contributed by atoms with van der Waals surface area (Å²) in [6.45, 7) is 6.53. The predicted molar refractivity (Wildman–Crippen MR) is 85.7 cm³/mol. The minimum Gasteiger partial charge on any atom is -0.382 e. The zero-order valence-corrected chi connectivity index (χ0v) is 13.3. The van der Waals surface area contributed by atoms with Crippen LogP contribution in [0.25, 0.3) is 0 Å². The molecule has 1 heterocycles. The molecule has 1 unspecified atom stereocenters. The van der Waals surface area contributed by atoms with Crippen molar-refractivity contribution in [2.45, 2.75) is 32.7 Å². The molecule has 2 rings (SSSR count). The van der Waals surface area contributed by atoms with E-state index in [0.29, 0.717) is 12.0 Å². The summed E-state index contributed by atoms with van der Waals surface area (Å²) >= 11 is 0. The number of anilines is 1. The molecule has 0 bridgehead atoms. The molecule has 21 heavy (non-hydrogen) atoms. The van der Waals surface area contributed by atoms with Crippen LogP contribution in [-0.2, 0) is 4.74 Å². The molecule has 1 amide bonds. The maximum atomic E-state index is 12.7. The third-order valence-corrected chi connectivity index (χ3v) is 3.74. The van der Waals surface area contributed by atoms with Gasteiger partial charge in [-0.2, -0.15) is 0 Å². The molecule has 1 saturated heterocycles. The predicted octanol–water partition coefficient (Wildman–Crippen LogP) is 3.01. The minimum absolute atomic E-state index is 0.0734. The maximum absolute atomic E-state index is 12.7. The van der Waals surface area contributed by atoms with Gasteiger partial charge in [0.15, 0.2) is 0 Å². The average molecular weight is 290 g/mol. The van der Waals surface area contributed by atoms with Crippen molar-refractivity contribution < 1.29 is 9.53 Å². The molecule has 4 heteroatoms. The van der Waals surface area contributed by atoms with Gasteiger partial charge in [0.1, 0.15) is 0 Å². The van der Waals surface area contributed by atoms with Crippen LogP contribution in [0.5, 0.6) is 0 Å². The Kier molecular flexibility index (Phi) is 5.62. The highest BCUT2D eigenvalue weighted by molar-refractivity contribution is 5.99. The van der Waals surface area contributed by atoms with Crippen molar-refractivity contribution >= 4 is 11.6 Å². The van der Waals surface area contributed by atoms with E-state index in [-0.39, 0.29) is 5.91 Å². The van der Waals surface area contributed by atoms with Crippen LogP contribution in [0.1, 0.15) is 37.0 Å². The standard InChI is InChI=1S/C17H26N2O2/c1-13(2)18-16-9-5-4-8-15(16)17(20)19(3)11-14-7-6-10-21-12-14/h4-5,8-9,13-14,18H,6-7,10-12H2,1-3H3. The first-order chi connectivity index (χ1) is 10.1. The van der Waals surface area contributed by atoms with Crippen LogP contribution in [0.3, 0.4) is 0 Å². The van der Waals surface area contributed by atoms with Crippen molar-refractivity contribution in [2.75, 3.05) is 32.1 Å². The van der Waals surface area contributed by atoms with Gasteiger partial charge < -0.3 is 15.0 Å². The Bertz CT molecular complexity index is 468. The molecule has 1 fully saturated rings. The number of hydrogen-bond acceptors (Lipinski definition) is 3. The van der Waals surface area contributed by atoms with Gasteiger partial charge in [-0.25, -0.2) is 0 Å². The Hall–Kier alpha value is -1.55. The average Bonchev–Trinajstić information content (AvgIpc) is 2.47. The minimum atomic E-state index is 0.0734. The molecule has 1 aliphatic rings. The molecule has 1 aromatic rings. The molecular formula is C17H26N2O2. The lowest BCUT2D eigenvalue weighted by atomic mass is 10.0. The smallest absolute Gasteiger partial charge is 0.255 e. The molecule has 4 nitrogen and oxygen atoms in total. The number of carbonyl (C=O) groups is 1. The summed E-state index contributed by atoms with van der Waals surface area (Å²) < 4.78 is 5.49. The van der Waals surface area contributed by atoms with E-state index in [1.54, 1.807) is 0 Å². The van der Waals surface area contributed by atoms with E-state index in [0.717, 1.165) is 43.9 Å². The largest absolute Gasteiger partial charge is 0.382 e. The van der Waals surface area contributed by atoms with Crippen molar-refractivity contribution in [3.05, 3.63) is 29.8 Å². The number of amides is 1. The van der Waals surface area contributed by atoms with Gasteiger partial charge in [0.25, 0.3) is 5.91 Å². The van der Waals surface area contributed by atoms with E-state index in [1.165, 1.54) is 0 Å². The van der Waals surface area contributed by atoms with Gasteiger partial charge in [0, 0.05) is 31.9 Å². The fraction of sp³-hybridized carbons (Fsp3) is 0.588. The van der Waals surface area contributed by atoms with Crippen LogP contribution in [0.2, 0.25) is 0 Å². The van der Waals surface area contributed by atoms with Gasteiger partial charge in [0.2, 0.25) is 0 Å². The highest BCUT2D eigenvalue weighted by atomic mass is 16.5. The SMILES string of the molecule is CC(C)Nc1ccccc1C(=O)N(C)CC1CCCOC1. The summed E-state index contributed by atoms with van der Waals surface area (Å²) in [5.74, 6) is 0.530. The molecule has 1 aliphatic heterocycles. The molecule has 0 aliphatic carbocycles. The van der Waals surface area contributed by atoms with E-state index in [9.17, 15) is 4.79 Å². The fourth-order valence-corrected chi connectivity index (χ4v) is 2.73. The Morgan fingerprint density at radius 1 is 1.43 bits per heavy atom. The number of rotatable bonds is 5. The molecule has 0 radical (unpaired) electrons. The first-order valence-corrected chi connectivity index (χ1v) is 7.76. The molecule has 0 spiro atoms. The second kappa shape index (κ2) is 7.46. The highest BCUT2D eigenvalue weighted by Gasteiger charge is 2.21. The van der Waals surface area contributed by atoms with E-state index in [1.807, 2.05) is 36.2 Å². The van der Waals surface area contributed by atoms with Crippen LogP contribution in [0, 0.1) is 5.92 Å². The van der Waals surface area contributed by atoms with Crippen molar-refractivity contribution in [3.63, 3.8) is 0 Å². The summed E-state index contributed by atoms with van der Waals surface area (Å²) in [4.78, 5) is 14.5. The number of ether oxygens (including phenoxy) is 1. The molecule has 0 aromatic heterocycles. The van der Waals surface area contributed by atoms with Gasteiger partial charge in [-0.3, -0.25) is 4.79 Å². The van der Waals surface area contributed by atoms with Gasteiger partial charge in [-0.1, -0.05) is 12.1 Å². The van der Waals surface area contributed by atoms with Gasteiger partial charge >= 0.3 is 0 Å². The molecule has 116 valence electrons. The fourth-order valence-electron chi connectivity index (χ4n) is 2.73. The lowest BCUT2D eigenvalue weighted by molar-refractivity contribution is 0.0389. The Labute approximate surface area is 127 Å². The van der Waals surface area contributed by atoms with Crippen molar-refractivity contribution in [3.8, 4) is 0 Å². The number of nitrogens with zero attached hydrogens (tertiary/aromatic N) is 1. The van der Waals surface area contributed by atoms with E-state index >= 15 is 0 Å². The van der Waals surface area contributed by atoms with Crippen LogP contribution in [0.15, 0.2) is 24.3 Å². The third kappa shape index (κ3) is 4.46. The van der Waals surface area contributed by atoms with Crippen LogP contribution in [-0.4, -0.2) is 43.7 Å². The monoisotopic (exact) mass is 290 g/mol. The van der Waals surface area contributed by atoms with Crippen molar-refractivity contribution in [1.82, 2.24) is 4.90 Å². The van der Waals surface area contributed by atoms with Crippen LogP contribution < -0.4 is 5.32 Å². The summed E-state index contributed by atoms with van der Waals surface area (Å²) in [6, 6.07) is 8.02. The lowest BCUT2D eigenvalue weighted by Crippen LogP contribution is -2.35. The van der Waals surface area contributed by atoms with Crippen molar-refractivity contribution in [2.24, 2.45) is 5.92 Å². The van der Waals surface area contributed by atoms with Gasteiger partial charge in [0.05, 0.1) is 12.2 Å². The Morgan fingerprint density at radius 3 is 2.86 bits per heavy atom. The highest BCUT2D eigenvalue weighted by Crippen LogP contribution is 2.20. The quantitative estimate of drug-likeness (QED) is 0.906.